The van der Waals surface area contributed by atoms with E-state index in [9.17, 15) is 13.2 Å². The number of anilines is 1. The number of rotatable bonds is 9. The van der Waals surface area contributed by atoms with E-state index < -0.39 is 10.0 Å². The van der Waals surface area contributed by atoms with Crippen LogP contribution < -0.4 is 9.62 Å². The third kappa shape index (κ3) is 6.10. The number of sulfonamides is 1. The van der Waals surface area contributed by atoms with Gasteiger partial charge in [-0.2, -0.15) is 0 Å². The summed E-state index contributed by atoms with van der Waals surface area (Å²) in [6.07, 6.45) is 3.75. The van der Waals surface area contributed by atoms with Gasteiger partial charge in [0.25, 0.3) is 15.9 Å². The zero-order chi connectivity index (χ0) is 24.7. The molecule has 7 nitrogen and oxygen atoms in total. The van der Waals surface area contributed by atoms with Crippen molar-refractivity contribution in [2.24, 2.45) is 0 Å². The second-order valence-corrected chi connectivity index (χ2v) is 9.92. The molecule has 0 aliphatic heterocycles. The molecule has 0 aliphatic rings. The third-order valence-corrected chi connectivity index (χ3v) is 7.21. The highest BCUT2D eigenvalue weighted by Crippen LogP contribution is 2.23. The number of amides is 1. The van der Waals surface area contributed by atoms with Crippen LogP contribution in [0.2, 0.25) is 0 Å². The number of aryl methyl sites for hydroxylation is 1. The molecule has 0 saturated carbocycles. The van der Waals surface area contributed by atoms with Gasteiger partial charge in [0.05, 0.1) is 11.4 Å². The van der Waals surface area contributed by atoms with Crippen molar-refractivity contribution in [2.45, 2.75) is 24.8 Å². The van der Waals surface area contributed by atoms with Crippen molar-refractivity contribution in [2.75, 3.05) is 10.8 Å². The minimum absolute atomic E-state index is 0.0239. The Labute approximate surface area is 205 Å². The summed E-state index contributed by atoms with van der Waals surface area (Å²) < 4.78 is 28.1. The van der Waals surface area contributed by atoms with Gasteiger partial charge in [0.1, 0.15) is 0 Å². The Balaban J connectivity index is 1.48. The van der Waals surface area contributed by atoms with Crippen LogP contribution >= 0.6 is 0 Å². The molecule has 4 aromatic rings. The van der Waals surface area contributed by atoms with Gasteiger partial charge in [-0.3, -0.25) is 4.79 Å². The quantitative estimate of drug-likeness (QED) is 0.384. The van der Waals surface area contributed by atoms with Gasteiger partial charge in [0.15, 0.2) is 0 Å². The number of nitrogens with one attached hydrogen (secondary N) is 1. The fourth-order valence-corrected chi connectivity index (χ4v) is 4.88. The predicted octanol–water partition coefficient (Wildman–Crippen LogP) is 4.15. The second-order valence-electron chi connectivity index (χ2n) is 8.06. The van der Waals surface area contributed by atoms with Crippen LogP contribution in [0.25, 0.3) is 0 Å². The lowest BCUT2D eigenvalue weighted by Crippen LogP contribution is -2.32. The summed E-state index contributed by atoms with van der Waals surface area (Å²) >= 11 is 0. The monoisotopic (exact) mass is 486 g/mol. The first kappa shape index (κ1) is 24.1. The van der Waals surface area contributed by atoms with Crippen molar-refractivity contribution in [1.29, 1.82) is 0 Å². The molecule has 0 fully saturated rings. The highest BCUT2D eigenvalue weighted by molar-refractivity contribution is 7.92. The van der Waals surface area contributed by atoms with Crippen LogP contribution in [0.4, 0.5) is 5.95 Å². The molecule has 4 rings (SSSR count). The Morgan fingerprint density at radius 2 is 1.49 bits per heavy atom. The van der Waals surface area contributed by atoms with E-state index in [-0.39, 0.29) is 23.3 Å². The second kappa shape index (κ2) is 10.9. The van der Waals surface area contributed by atoms with Gasteiger partial charge < -0.3 is 5.32 Å². The normalized spacial score (nSPS) is 11.1. The van der Waals surface area contributed by atoms with Crippen LogP contribution in [-0.2, 0) is 23.0 Å². The molecule has 35 heavy (non-hydrogen) atoms. The largest absolute Gasteiger partial charge is 0.352 e. The highest BCUT2D eigenvalue weighted by atomic mass is 32.2. The number of nitrogens with zero attached hydrogens (tertiary/aromatic N) is 3. The standard InChI is InChI=1S/C27H26N4O3S/c1-21-8-14-25(15-9-21)35(33,34)31(27-29-17-5-18-30-27)20-23-10-12-24(13-11-23)26(32)28-19-16-22-6-3-2-4-7-22/h2-15,17-18H,16,19-20H2,1H3,(H,28,32). The van der Waals surface area contributed by atoms with E-state index in [0.717, 1.165) is 17.5 Å². The summed E-state index contributed by atoms with van der Waals surface area (Å²) in [5, 5.41) is 2.92. The number of hydrogen-bond donors (Lipinski definition) is 1. The highest BCUT2D eigenvalue weighted by Gasteiger charge is 2.27. The smallest absolute Gasteiger partial charge is 0.266 e. The maximum atomic E-state index is 13.4. The first-order valence-electron chi connectivity index (χ1n) is 11.2. The Morgan fingerprint density at radius 3 is 2.14 bits per heavy atom. The summed E-state index contributed by atoms with van der Waals surface area (Å²) in [6, 6.07) is 25.1. The van der Waals surface area contributed by atoms with E-state index in [4.69, 9.17) is 0 Å². The van der Waals surface area contributed by atoms with E-state index in [1.165, 1.54) is 16.7 Å². The van der Waals surface area contributed by atoms with Crippen molar-refractivity contribution >= 4 is 21.9 Å². The summed E-state index contributed by atoms with van der Waals surface area (Å²) in [5.41, 5.74) is 3.32. The molecule has 0 radical (unpaired) electrons. The summed E-state index contributed by atoms with van der Waals surface area (Å²) in [7, 11) is -3.90. The minimum Gasteiger partial charge on any atom is -0.352 e. The molecule has 3 aromatic carbocycles. The lowest BCUT2D eigenvalue weighted by Gasteiger charge is -2.22. The molecule has 1 aromatic heterocycles. The van der Waals surface area contributed by atoms with Gasteiger partial charge in [0, 0.05) is 24.5 Å². The lowest BCUT2D eigenvalue weighted by molar-refractivity contribution is 0.0954. The van der Waals surface area contributed by atoms with Crippen molar-refractivity contribution in [3.8, 4) is 0 Å². The van der Waals surface area contributed by atoms with Crippen LogP contribution in [0.3, 0.4) is 0 Å². The van der Waals surface area contributed by atoms with E-state index in [1.807, 2.05) is 37.3 Å². The van der Waals surface area contributed by atoms with Gasteiger partial charge in [-0.05, 0) is 54.8 Å². The predicted molar refractivity (Wildman–Crippen MR) is 136 cm³/mol. The first-order chi connectivity index (χ1) is 16.9. The SMILES string of the molecule is Cc1ccc(S(=O)(=O)N(Cc2ccc(C(=O)NCCc3ccccc3)cc2)c2ncccn2)cc1. The molecule has 0 unspecified atom stereocenters. The van der Waals surface area contributed by atoms with Gasteiger partial charge in [-0.25, -0.2) is 22.7 Å². The summed E-state index contributed by atoms with van der Waals surface area (Å²) in [6.45, 7) is 2.45. The van der Waals surface area contributed by atoms with Crippen molar-refractivity contribution in [3.05, 3.63) is 120 Å². The Kier molecular flexibility index (Phi) is 7.52. The fourth-order valence-electron chi connectivity index (χ4n) is 3.52. The Bertz CT molecular complexity index is 1360. The number of carbonyl (C=O) groups excluding carboxylic acids is 1. The van der Waals surface area contributed by atoms with Crippen molar-refractivity contribution in [3.63, 3.8) is 0 Å². The zero-order valence-corrected chi connectivity index (χ0v) is 20.2. The number of carbonyl (C=O) groups is 1. The zero-order valence-electron chi connectivity index (χ0n) is 19.3. The van der Waals surface area contributed by atoms with Crippen molar-refractivity contribution < 1.29 is 13.2 Å². The lowest BCUT2D eigenvalue weighted by atomic mass is 10.1. The van der Waals surface area contributed by atoms with E-state index >= 15 is 0 Å². The topological polar surface area (TPSA) is 92.3 Å². The molecular weight excluding hydrogens is 460 g/mol. The van der Waals surface area contributed by atoms with Gasteiger partial charge in [0.2, 0.25) is 5.95 Å². The van der Waals surface area contributed by atoms with E-state index in [1.54, 1.807) is 54.6 Å². The molecule has 0 bridgehead atoms. The maximum Gasteiger partial charge on any atom is 0.266 e. The molecule has 0 aliphatic carbocycles. The molecule has 8 heteroatoms. The molecule has 0 spiro atoms. The van der Waals surface area contributed by atoms with Crippen LogP contribution in [-0.4, -0.2) is 30.8 Å². The average Bonchev–Trinajstić information content (AvgIpc) is 2.89. The minimum atomic E-state index is -3.90. The Hall–Kier alpha value is -4.04. The molecule has 0 saturated heterocycles. The maximum absolute atomic E-state index is 13.4. The average molecular weight is 487 g/mol. The summed E-state index contributed by atoms with van der Waals surface area (Å²) in [4.78, 5) is 21.0. The van der Waals surface area contributed by atoms with Crippen molar-refractivity contribution in [1.82, 2.24) is 15.3 Å². The first-order valence-corrected chi connectivity index (χ1v) is 12.6. The summed E-state index contributed by atoms with van der Waals surface area (Å²) in [5.74, 6) is -0.0983. The molecule has 1 N–H and O–H groups in total. The Morgan fingerprint density at radius 1 is 0.829 bits per heavy atom. The number of hydrogen-bond acceptors (Lipinski definition) is 5. The number of benzene rings is 3. The molecule has 1 heterocycles. The van der Waals surface area contributed by atoms with Gasteiger partial charge in [-0.15, -0.1) is 0 Å². The van der Waals surface area contributed by atoms with Crippen LogP contribution in [0.1, 0.15) is 27.0 Å². The fraction of sp³-hybridized carbons (Fsp3) is 0.148. The van der Waals surface area contributed by atoms with E-state index in [2.05, 4.69) is 15.3 Å². The van der Waals surface area contributed by atoms with Gasteiger partial charge in [-0.1, -0.05) is 60.2 Å². The molecule has 1 amide bonds. The van der Waals surface area contributed by atoms with Crippen LogP contribution in [0.5, 0.6) is 0 Å². The third-order valence-electron chi connectivity index (χ3n) is 5.47. The van der Waals surface area contributed by atoms with Gasteiger partial charge >= 0.3 is 0 Å². The van der Waals surface area contributed by atoms with E-state index in [0.29, 0.717) is 17.7 Å². The molecular formula is C27H26N4O3S. The number of aromatic nitrogens is 2. The van der Waals surface area contributed by atoms with Crippen LogP contribution in [0.15, 0.2) is 102 Å². The molecule has 178 valence electrons. The van der Waals surface area contributed by atoms with Crippen LogP contribution in [0, 0.1) is 6.92 Å². The molecule has 0 atom stereocenters.